The van der Waals surface area contributed by atoms with Crippen molar-refractivity contribution in [2.75, 3.05) is 38.0 Å². The lowest BCUT2D eigenvalue weighted by atomic mass is 10.3. The normalized spacial score (nSPS) is 16.4. The molecule has 2 aromatic rings. The number of rotatable bonds is 5. The number of carbonyl (C=O) groups excluding carboxylic acids is 1. The third-order valence-electron chi connectivity index (χ3n) is 4.57. The van der Waals surface area contributed by atoms with E-state index in [4.69, 9.17) is 0 Å². The van der Waals surface area contributed by atoms with Crippen LogP contribution in [0.15, 0.2) is 47.4 Å². The molecule has 0 spiro atoms. The first kappa shape index (κ1) is 21.3. The highest BCUT2D eigenvalue weighted by Gasteiger charge is 2.27. The van der Waals surface area contributed by atoms with Crippen molar-refractivity contribution in [2.45, 2.75) is 11.3 Å². The molecule has 0 aromatic heterocycles. The lowest BCUT2D eigenvalue weighted by molar-refractivity contribution is -0.117. The quantitative estimate of drug-likeness (QED) is 0.796. The number of carbonyl (C=O) groups is 1. The molecule has 1 heterocycles. The lowest BCUT2D eigenvalue weighted by Gasteiger charge is -2.21. The maximum Gasteiger partial charge on any atom is 0.243 e. The molecule has 29 heavy (non-hydrogen) atoms. The zero-order chi connectivity index (χ0) is 21.0. The van der Waals surface area contributed by atoms with Crippen molar-refractivity contribution in [3.63, 3.8) is 0 Å². The highest BCUT2D eigenvalue weighted by molar-refractivity contribution is 7.89. The number of sulfonamides is 1. The van der Waals surface area contributed by atoms with Crippen molar-refractivity contribution in [1.82, 2.24) is 9.21 Å². The third-order valence-corrected chi connectivity index (χ3v) is 6.48. The van der Waals surface area contributed by atoms with E-state index in [0.717, 1.165) is 30.3 Å². The number of anilines is 1. The highest BCUT2D eigenvalue weighted by atomic mass is 32.2. The Morgan fingerprint density at radius 3 is 2.34 bits per heavy atom. The smallest absolute Gasteiger partial charge is 0.243 e. The Morgan fingerprint density at radius 1 is 0.931 bits per heavy atom. The van der Waals surface area contributed by atoms with E-state index in [-0.39, 0.29) is 30.2 Å². The number of hydrogen-bond acceptors (Lipinski definition) is 4. The van der Waals surface area contributed by atoms with Gasteiger partial charge in [-0.1, -0.05) is 0 Å². The zero-order valence-corrected chi connectivity index (χ0v) is 16.3. The molecule has 0 unspecified atom stereocenters. The minimum Gasteiger partial charge on any atom is -0.322 e. The van der Waals surface area contributed by atoms with Crippen molar-refractivity contribution in [2.24, 2.45) is 0 Å². The molecule has 6 nitrogen and oxygen atoms in total. The van der Waals surface area contributed by atoms with Crippen LogP contribution in [0.3, 0.4) is 0 Å². The van der Waals surface area contributed by atoms with Crippen LogP contribution in [0.1, 0.15) is 6.42 Å². The van der Waals surface area contributed by atoms with E-state index in [9.17, 15) is 26.4 Å². The van der Waals surface area contributed by atoms with Crippen molar-refractivity contribution < 1.29 is 26.4 Å². The van der Waals surface area contributed by atoms with Crippen molar-refractivity contribution in [3.8, 4) is 0 Å². The van der Waals surface area contributed by atoms with Gasteiger partial charge in [0, 0.05) is 25.7 Å². The van der Waals surface area contributed by atoms with Crippen molar-refractivity contribution in [1.29, 1.82) is 0 Å². The van der Waals surface area contributed by atoms with Crippen LogP contribution in [0, 0.1) is 17.5 Å². The Labute approximate surface area is 167 Å². The average Bonchev–Trinajstić information content (AvgIpc) is 2.91. The van der Waals surface area contributed by atoms with Gasteiger partial charge in [0.1, 0.15) is 17.5 Å². The Bertz CT molecular complexity index is 984. The highest BCUT2D eigenvalue weighted by Crippen LogP contribution is 2.19. The Balaban J connectivity index is 1.60. The molecule has 0 radical (unpaired) electrons. The molecule has 0 atom stereocenters. The van der Waals surface area contributed by atoms with Gasteiger partial charge in [-0.25, -0.2) is 21.6 Å². The van der Waals surface area contributed by atoms with Gasteiger partial charge in [0.15, 0.2) is 0 Å². The van der Waals surface area contributed by atoms with E-state index < -0.39 is 33.4 Å². The second-order valence-corrected chi connectivity index (χ2v) is 8.60. The summed E-state index contributed by atoms with van der Waals surface area (Å²) in [5.74, 6) is -2.46. The van der Waals surface area contributed by atoms with Crippen LogP contribution in [0.4, 0.5) is 18.9 Å². The van der Waals surface area contributed by atoms with E-state index in [1.54, 1.807) is 4.90 Å². The molecule has 1 fully saturated rings. The molecule has 1 aliphatic rings. The molecule has 1 N–H and O–H groups in total. The molecular formula is C19H20F3N3O3S. The summed E-state index contributed by atoms with van der Waals surface area (Å²) in [6.07, 6.45) is 0.488. The fourth-order valence-electron chi connectivity index (χ4n) is 3.09. The average molecular weight is 427 g/mol. The maximum absolute atomic E-state index is 13.7. The first-order valence-corrected chi connectivity index (χ1v) is 10.4. The molecule has 0 saturated carbocycles. The maximum atomic E-state index is 13.7. The van der Waals surface area contributed by atoms with Gasteiger partial charge in [-0.15, -0.1) is 0 Å². The predicted octanol–water partition coefficient (Wildman–Crippen LogP) is 2.44. The molecule has 3 rings (SSSR count). The van der Waals surface area contributed by atoms with Gasteiger partial charge in [-0.05, 0) is 49.4 Å². The van der Waals surface area contributed by atoms with E-state index in [1.807, 2.05) is 0 Å². The van der Waals surface area contributed by atoms with Gasteiger partial charge in [0.2, 0.25) is 15.9 Å². The molecule has 1 amide bonds. The van der Waals surface area contributed by atoms with Crippen LogP contribution >= 0.6 is 0 Å². The molecular weight excluding hydrogens is 407 g/mol. The lowest BCUT2D eigenvalue weighted by Crippen LogP contribution is -2.38. The van der Waals surface area contributed by atoms with Crippen LogP contribution in [0.2, 0.25) is 0 Å². The molecule has 156 valence electrons. The number of hydrogen-bond donors (Lipinski definition) is 1. The van der Waals surface area contributed by atoms with E-state index in [2.05, 4.69) is 5.32 Å². The molecule has 10 heteroatoms. The van der Waals surface area contributed by atoms with Crippen LogP contribution in [0.25, 0.3) is 0 Å². The number of nitrogens with one attached hydrogen (secondary N) is 1. The van der Waals surface area contributed by atoms with Gasteiger partial charge in [-0.2, -0.15) is 4.31 Å². The summed E-state index contributed by atoms with van der Waals surface area (Å²) in [5.41, 5.74) is -0.245. The summed E-state index contributed by atoms with van der Waals surface area (Å²) in [5, 5.41) is 2.33. The standard InChI is InChI=1S/C19H20F3N3O3S/c20-14-2-5-16(6-3-14)29(27,28)25-9-1-8-24(10-11-25)13-19(26)23-18-12-15(21)4-7-17(18)22/h2-7,12H,1,8-11,13H2,(H,23,26). The van der Waals surface area contributed by atoms with Crippen LogP contribution in [-0.4, -0.2) is 56.3 Å². The summed E-state index contributed by atoms with van der Waals surface area (Å²) >= 11 is 0. The first-order valence-electron chi connectivity index (χ1n) is 8.99. The number of benzene rings is 2. The van der Waals surface area contributed by atoms with E-state index in [0.29, 0.717) is 19.5 Å². The monoisotopic (exact) mass is 427 g/mol. The summed E-state index contributed by atoms with van der Waals surface area (Å²) in [7, 11) is -3.76. The zero-order valence-electron chi connectivity index (χ0n) is 15.4. The number of amides is 1. The number of halogens is 3. The van der Waals surface area contributed by atoms with E-state index >= 15 is 0 Å². The summed E-state index contributed by atoms with van der Waals surface area (Å²) in [4.78, 5) is 13.9. The largest absolute Gasteiger partial charge is 0.322 e. The Morgan fingerprint density at radius 2 is 1.62 bits per heavy atom. The van der Waals surface area contributed by atoms with Crippen LogP contribution in [-0.2, 0) is 14.8 Å². The minimum absolute atomic E-state index is 0.00618. The first-order chi connectivity index (χ1) is 13.8. The molecule has 1 saturated heterocycles. The van der Waals surface area contributed by atoms with Crippen LogP contribution in [0.5, 0.6) is 0 Å². The Kier molecular flexibility index (Phi) is 6.56. The summed E-state index contributed by atoms with van der Waals surface area (Å²) in [6.45, 7) is 1.09. The third kappa shape index (κ3) is 5.34. The van der Waals surface area contributed by atoms with Gasteiger partial charge in [0.25, 0.3) is 0 Å². The van der Waals surface area contributed by atoms with Crippen molar-refractivity contribution in [3.05, 3.63) is 59.9 Å². The van der Waals surface area contributed by atoms with Gasteiger partial charge >= 0.3 is 0 Å². The predicted molar refractivity (Wildman–Crippen MR) is 101 cm³/mol. The van der Waals surface area contributed by atoms with Gasteiger partial charge in [0.05, 0.1) is 17.1 Å². The molecule has 0 aliphatic carbocycles. The SMILES string of the molecule is O=C(CN1CCCN(S(=O)(=O)c2ccc(F)cc2)CC1)Nc1cc(F)ccc1F. The molecule has 1 aliphatic heterocycles. The second-order valence-electron chi connectivity index (χ2n) is 6.66. The molecule has 0 bridgehead atoms. The Hall–Kier alpha value is -2.43. The minimum atomic E-state index is -3.76. The van der Waals surface area contributed by atoms with E-state index in [1.165, 1.54) is 16.4 Å². The van der Waals surface area contributed by atoms with Crippen molar-refractivity contribution >= 4 is 21.6 Å². The van der Waals surface area contributed by atoms with Gasteiger partial charge in [-0.3, -0.25) is 9.69 Å². The second kappa shape index (κ2) is 8.93. The fourth-order valence-corrected chi connectivity index (χ4v) is 4.56. The van der Waals surface area contributed by atoms with Gasteiger partial charge < -0.3 is 5.32 Å². The topological polar surface area (TPSA) is 69.7 Å². The summed E-state index contributed by atoms with van der Waals surface area (Å²) < 4.78 is 66.7. The fraction of sp³-hybridized carbons (Fsp3) is 0.316. The number of nitrogens with zero attached hydrogens (tertiary/aromatic N) is 2. The molecule has 2 aromatic carbocycles. The summed E-state index contributed by atoms with van der Waals surface area (Å²) in [6, 6.07) is 7.39. The van der Waals surface area contributed by atoms with Crippen LogP contribution < -0.4 is 5.32 Å².